The lowest BCUT2D eigenvalue weighted by atomic mass is 9.78. The number of carbonyl (C=O) groups is 1. The summed E-state index contributed by atoms with van der Waals surface area (Å²) in [5.74, 6) is -0.137. The van der Waals surface area contributed by atoms with E-state index in [1.807, 2.05) is 71.9 Å². The van der Waals surface area contributed by atoms with Gasteiger partial charge in [0.25, 0.3) is 0 Å². The molecule has 2 N–H and O–H groups in total. The maximum absolute atomic E-state index is 12.8. The maximum atomic E-state index is 12.8. The molecule has 2 aromatic rings. The van der Waals surface area contributed by atoms with Gasteiger partial charge in [-0.1, -0.05) is 98.6 Å². The van der Waals surface area contributed by atoms with Gasteiger partial charge in [0.15, 0.2) is 12.4 Å². The predicted octanol–water partition coefficient (Wildman–Crippen LogP) is 7.57. The number of aromatic hydroxyl groups is 1. The number of ketones is 1. The largest absolute Gasteiger partial charge is 0.695 e. The summed E-state index contributed by atoms with van der Waals surface area (Å²) in [6.07, 6.45) is 4.38. The second-order valence-corrected chi connectivity index (χ2v) is 11.1. The number of phenols is 1. The summed E-state index contributed by atoms with van der Waals surface area (Å²) >= 11 is 0. The first-order valence-corrected chi connectivity index (χ1v) is 12.8. The Morgan fingerprint density at radius 2 is 1.41 bits per heavy atom. The molecule has 2 aromatic carbocycles. The number of phenolic OH excluding ortho intramolecular Hbond substituents is 1. The van der Waals surface area contributed by atoms with Crippen molar-refractivity contribution >= 4 is 25.7 Å². The first-order chi connectivity index (χ1) is 15.7. The van der Waals surface area contributed by atoms with E-state index in [2.05, 4.69) is 18.4 Å². The molecule has 0 saturated heterocycles. The van der Waals surface area contributed by atoms with Crippen molar-refractivity contribution in [2.24, 2.45) is 0 Å². The summed E-state index contributed by atoms with van der Waals surface area (Å²) in [7, 11) is -2.86. The Morgan fingerprint density at radius 3 is 1.79 bits per heavy atom. The van der Waals surface area contributed by atoms with Crippen LogP contribution in [-0.2, 0) is 24.7 Å². The highest BCUT2D eigenvalue weighted by Crippen LogP contribution is 2.40. The molecule has 0 fully saturated rings. The molecule has 0 bridgehead atoms. The third kappa shape index (κ3) is 9.13. The molecule has 0 aliphatic carbocycles. The maximum Gasteiger partial charge on any atom is 0.695 e. The van der Waals surface area contributed by atoms with Gasteiger partial charge >= 0.3 is 8.25 Å². The highest BCUT2D eigenvalue weighted by atomic mass is 31.1. The van der Waals surface area contributed by atoms with Crippen LogP contribution >= 0.6 is 8.25 Å². The summed E-state index contributed by atoms with van der Waals surface area (Å²) in [6.45, 7) is 16.0. The van der Waals surface area contributed by atoms with E-state index in [0.29, 0.717) is 11.1 Å². The number of unbranched alkanes of at least 4 members (excludes halogenated alkanes) is 1. The molecule has 0 aromatic heterocycles. The normalized spacial score (nSPS) is 12.6. The number of carbonyl (C=O) groups excluding carboxylic acids is 1. The summed E-state index contributed by atoms with van der Waals surface area (Å²) in [5.41, 5.74) is 2.79. The van der Waals surface area contributed by atoms with Crippen molar-refractivity contribution in [1.29, 1.82) is 0 Å². The molecule has 0 aliphatic rings. The molecule has 0 amide bonds. The molecular weight excluding hydrogens is 447 g/mol. The monoisotopic (exact) mass is 487 g/mol. The van der Waals surface area contributed by atoms with Gasteiger partial charge in [-0.15, -0.1) is 9.42 Å². The molecule has 0 aliphatic heterocycles. The van der Waals surface area contributed by atoms with Crippen LogP contribution in [0.15, 0.2) is 42.5 Å². The minimum atomic E-state index is -2.86. The molecule has 34 heavy (non-hydrogen) atoms. The molecule has 0 spiro atoms. The van der Waals surface area contributed by atoms with Crippen LogP contribution < -0.4 is 0 Å². The summed E-state index contributed by atoms with van der Waals surface area (Å²) in [6, 6.07) is 12.9. The highest BCUT2D eigenvalue weighted by Gasteiger charge is 2.27. The fourth-order valence-electron chi connectivity index (χ4n) is 3.18. The van der Waals surface area contributed by atoms with Crippen LogP contribution in [0.3, 0.4) is 0 Å². The van der Waals surface area contributed by atoms with E-state index >= 15 is 0 Å². The van der Waals surface area contributed by atoms with Crippen LogP contribution in [0, 0.1) is 0 Å². The SMILES string of the molecule is CC(C)(C)c1cc(/C=C(/C(=O)CO[P+](=O)O)c2ccccc2)cc(C(C)(C)C)c1O.CCCC. The Balaban J connectivity index is 0.00000133. The Bertz CT molecular complexity index is 959. The first-order valence-electron chi connectivity index (χ1n) is 11.7. The summed E-state index contributed by atoms with van der Waals surface area (Å²) in [5, 5.41) is 10.9. The average molecular weight is 488 g/mol. The Kier molecular flexibility index (Phi) is 11.3. The standard InChI is InChI=1S/C24H29O5P.C4H10/c1-23(2,3)19-13-16(14-20(22(19)26)24(4,5)6)12-18(17-10-8-7-9-11-17)21(25)15-29-30(27)28;1-3-4-2/h7-14H,15H2,1-6H3,(H-,25,26,27,28);3-4H2,1-2H3/p+1. The van der Waals surface area contributed by atoms with Gasteiger partial charge in [-0.05, 0) is 40.2 Å². The lowest BCUT2D eigenvalue weighted by Crippen LogP contribution is -2.17. The van der Waals surface area contributed by atoms with Crippen molar-refractivity contribution in [3.63, 3.8) is 0 Å². The van der Waals surface area contributed by atoms with Crippen molar-refractivity contribution in [2.45, 2.75) is 79.1 Å². The van der Waals surface area contributed by atoms with Crippen molar-refractivity contribution in [1.82, 2.24) is 0 Å². The van der Waals surface area contributed by atoms with Crippen LogP contribution in [0.2, 0.25) is 0 Å². The van der Waals surface area contributed by atoms with Crippen LogP contribution in [0.25, 0.3) is 11.6 Å². The molecule has 0 heterocycles. The van der Waals surface area contributed by atoms with E-state index in [4.69, 9.17) is 4.89 Å². The summed E-state index contributed by atoms with van der Waals surface area (Å²) in [4.78, 5) is 21.7. The van der Waals surface area contributed by atoms with Crippen molar-refractivity contribution in [3.8, 4) is 5.75 Å². The fraction of sp³-hybridized carbons (Fsp3) is 0.464. The van der Waals surface area contributed by atoms with E-state index in [9.17, 15) is 14.5 Å². The van der Waals surface area contributed by atoms with E-state index < -0.39 is 20.6 Å². The second-order valence-electron chi connectivity index (χ2n) is 10.3. The smallest absolute Gasteiger partial charge is 0.507 e. The minimum absolute atomic E-state index is 0.264. The van der Waals surface area contributed by atoms with Gasteiger partial charge in [0, 0.05) is 21.3 Å². The van der Waals surface area contributed by atoms with E-state index in [1.165, 1.54) is 12.8 Å². The average Bonchev–Trinajstić information content (AvgIpc) is 2.75. The molecular formula is C28H40O5P+. The topological polar surface area (TPSA) is 83.8 Å². The lowest BCUT2D eigenvalue weighted by Gasteiger charge is -2.28. The zero-order valence-corrected chi connectivity index (χ0v) is 22.7. The van der Waals surface area contributed by atoms with Crippen LogP contribution in [0.4, 0.5) is 0 Å². The van der Waals surface area contributed by atoms with Gasteiger partial charge in [0.2, 0.25) is 0 Å². The van der Waals surface area contributed by atoms with Crippen molar-refractivity contribution < 1.29 is 23.9 Å². The number of rotatable bonds is 7. The molecule has 2 rings (SSSR count). The van der Waals surface area contributed by atoms with Gasteiger partial charge in [-0.2, -0.15) is 0 Å². The zero-order chi connectivity index (χ0) is 26.1. The van der Waals surface area contributed by atoms with Crippen LogP contribution in [-0.4, -0.2) is 22.4 Å². The quantitative estimate of drug-likeness (QED) is 0.239. The third-order valence-electron chi connectivity index (χ3n) is 5.25. The Morgan fingerprint density at radius 1 is 0.941 bits per heavy atom. The summed E-state index contributed by atoms with van der Waals surface area (Å²) < 4.78 is 15.5. The first kappa shape index (κ1) is 29.7. The van der Waals surface area contributed by atoms with Gasteiger partial charge < -0.3 is 5.11 Å². The van der Waals surface area contributed by atoms with E-state index in [1.54, 1.807) is 18.2 Å². The van der Waals surface area contributed by atoms with Crippen LogP contribution in [0.1, 0.15) is 90.5 Å². The van der Waals surface area contributed by atoms with Crippen LogP contribution in [0.5, 0.6) is 5.75 Å². The molecule has 5 nitrogen and oxygen atoms in total. The molecule has 1 atom stereocenters. The lowest BCUT2D eigenvalue weighted by molar-refractivity contribution is -0.115. The number of hydrogen-bond acceptors (Lipinski definition) is 4. The number of Topliss-reactive ketones (excluding diaryl/α,β-unsaturated/α-hetero) is 1. The molecule has 0 saturated carbocycles. The molecule has 186 valence electrons. The second kappa shape index (κ2) is 12.9. The van der Waals surface area contributed by atoms with Gasteiger partial charge in [0.05, 0.1) is 0 Å². The van der Waals surface area contributed by atoms with Crippen molar-refractivity contribution in [3.05, 3.63) is 64.7 Å². The van der Waals surface area contributed by atoms with Crippen molar-refractivity contribution in [2.75, 3.05) is 6.61 Å². The predicted molar refractivity (Wildman–Crippen MR) is 141 cm³/mol. The molecule has 6 heteroatoms. The highest BCUT2D eigenvalue weighted by molar-refractivity contribution is 7.32. The van der Waals surface area contributed by atoms with Gasteiger partial charge in [-0.25, -0.2) is 0 Å². The third-order valence-corrected chi connectivity index (χ3v) is 5.60. The Labute approximate surface area is 205 Å². The fourth-order valence-corrected chi connectivity index (χ4v) is 3.41. The molecule has 0 radical (unpaired) electrons. The molecule has 1 unspecified atom stereocenters. The van der Waals surface area contributed by atoms with Gasteiger partial charge in [0.1, 0.15) is 5.75 Å². The Hall–Kier alpha value is -2.33. The number of benzene rings is 2. The zero-order valence-electron chi connectivity index (χ0n) is 21.8. The minimum Gasteiger partial charge on any atom is -0.507 e. The van der Waals surface area contributed by atoms with Gasteiger partial charge in [-0.3, -0.25) is 4.79 Å². The number of hydrogen-bond donors (Lipinski definition) is 2. The van der Waals surface area contributed by atoms with E-state index in [0.717, 1.165) is 16.7 Å². The van der Waals surface area contributed by atoms with E-state index in [-0.39, 0.29) is 16.6 Å².